The highest BCUT2D eigenvalue weighted by atomic mass is 16.7. The molecule has 64 valence electrons. The molecule has 2 fully saturated rings. The average molecular weight is 168 g/mol. The highest BCUT2D eigenvalue weighted by Crippen LogP contribution is 2.56. The third-order valence-corrected chi connectivity index (χ3v) is 2.41. The minimum Gasteiger partial charge on any atom is -0.427 e. The van der Waals surface area contributed by atoms with Crippen LogP contribution in [0.4, 0.5) is 0 Å². The molecule has 4 nitrogen and oxygen atoms in total. The molecule has 2 rings (SSSR count). The summed E-state index contributed by atoms with van der Waals surface area (Å²) in [6.07, 6.45) is 2.07. The molecular formula is C8H8O4. The van der Waals surface area contributed by atoms with E-state index >= 15 is 0 Å². The highest BCUT2D eigenvalue weighted by Gasteiger charge is 2.68. The second kappa shape index (κ2) is 2.09. The SMILES string of the molecule is C=CC1CC12C(=O)OCOC2=O. The number of hydrogen-bond donors (Lipinski definition) is 0. The van der Waals surface area contributed by atoms with E-state index in [1.54, 1.807) is 6.08 Å². The third-order valence-electron chi connectivity index (χ3n) is 2.41. The molecule has 1 aliphatic heterocycles. The van der Waals surface area contributed by atoms with E-state index in [1.807, 2.05) is 0 Å². The first-order valence-electron chi connectivity index (χ1n) is 3.69. The van der Waals surface area contributed by atoms with Crippen LogP contribution in [0.2, 0.25) is 0 Å². The summed E-state index contributed by atoms with van der Waals surface area (Å²) in [5.74, 6) is -1.04. The van der Waals surface area contributed by atoms with Gasteiger partial charge in [-0.2, -0.15) is 0 Å². The zero-order valence-electron chi connectivity index (χ0n) is 6.41. The van der Waals surface area contributed by atoms with Crippen LogP contribution in [0, 0.1) is 11.3 Å². The van der Waals surface area contributed by atoms with Crippen LogP contribution in [0.15, 0.2) is 12.7 Å². The predicted molar refractivity (Wildman–Crippen MR) is 37.8 cm³/mol. The summed E-state index contributed by atoms with van der Waals surface area (Å²) in [5.41, 5.74) is -1.03. The summed E-state index contributed by atoms with van der Waals surface area (Å²) in [6.45, 7) is 3.28. The number of rotatable bonds is 1. The number of hydrogen-bond acceptors (Lipinski definition) is 4. The van der Waals surface area contributed by atoms with Crippen molar-refractivity contribution in [3.63, 3.8) is 0 Å². The molecule has 1 spiro atoms. The van der Waals surface area contributed by atoms with E-state index in [9.17, 15) is 9.59 Å². The number of allylic oxidation sites excluding steroid dienone is 1. The van der Waals surface area contributed by atoms with Crippen molar-refractivity contribution in [3.8, 4) is 0 Å². The number of carbonyl (C=O) groups is 2. The van der Waals surface area contributed by atoms with E-state index < -0.39 is 17.4 Å². The maximum atomic E-state index is 11.2. The van der Waals surface area contributed by atoms with Crippen molar-refractivity contribution in [3.05, 3.63) is 12.7 Å². The Morgan fingerprint density at radius 2 is 2.00 bits per heavy atom. The lowest BCUT2D eigenvalue weighted by Gasteiger charge is -2.19. The largest absolute Gasteiger partial charge is 0.427 e. The Kier molecular flexibility index (Phi) is 1.28. The maximum absolute atomic E-state index is 11.2. The first kappa shape index (κ1) is 7.34. The fourth-order valence-corrected chi connectivity index (χ4v) is 1.52. The van der Waals surface area contributed by atoms with Crippen LogP contribution in [0.1, 0.15) is 6.42 Å². The summed E-state index contributed by atoms with van der Waals surface area (Å²) in [7, 11) is 0. The summed E-state index contributed by atoms with van der Waals surface area (Å²) >= 11 is 0. The average Bonchev–Trinajstić information content (AvgIpc) is 2.77. The molecule has 1 saturated heterocycles. The quantitative estimate of drug-likeness (QED) is 0.319. The van der Waals surface area contributed by atoms with Gasteiger partial charge in [-0.1, -0.05) is 6.08 Å². The molecule has 0 N–H and O–H groups in total. The molecule has 4 heteroatoms. The van der Waals surface area contributed by atoms with Gasteiger partial charge >= 0.3 is 11.9 Å². The topological polar surface area (TPSA) is 52.6 Å². The van der Waals surface area contributed by atoms with Gasteiger partial charge in [0, 0.05) is 5.92 Å². The molecule has 1 unspecified atom stereocenters. The molecule has 1 heterocycles. The highest BCUT2D eigenvalue weighted by molar-refractivity contribution is 6.05. The first-order chi connectivity index (χ1) is 5.71. The molecule has 0 radical (unpaired) electrons. The number of carbonyl (C=O) groups excluding carboxylic acids is 2. The minimum absolute atomic E-state index is 0.0993. The van der Waals surface area contributed by atoms with E-state index in [1.165, 1.54) is 0 Å². The molecule has 0 aromatic carbocycles. The van der Waals surface area contributed by atoms with E-state index in [0.717, 1.165) is 0 Å². The smallest absolute Gasteiger partial charge is 0.327 e. The number of ether oxygens (including phenoxy) is 2. The van der Waals surface area contributed by atoms with Gasteiger partial charge in [0.2, 0.25) is 6.79 Å². The van der Waals surface area contributed by atoms with Crippen LogP contribution in [0.5, 0.6) is 0 Å². The molecule has 2 aliphatic rings. The molecule has 1 saturated carbocycles. The van der Waals surface area contributed by atoms with Crippen molar-refractivity contribution in [2.24, 2.45) is 11.3 Å². The maximum Gasteiger partial charge on any atom is 0.327 e. The van der Waals surface area contributed by atoms with Gasteiger partial charge in [0.15, 0.2) is 5.41 Å². The fraction of sp³-hybridized carbons (Fsp3) is 0.500. The molecule has 0 bridgehead atoms. The second-order valence-corrected chi connectivity index (χ2v) is 3.00. The van der Waals surface area contributed by atoms with Gasteiger partial charge in [0.05, 0.1) is 0 Å². The van der Waals surface area contributed by atoms with Crippen LogP contribution < -0.4 is 0 Å². The summed E-state index contributed by atoms with van der Waals surface area (Å²) in [5, 5.41) is 0. The van der Waals surface area contributed by atoms with Crippen molar-refractivity contribution in [1.82, 2.24) is 0 Å². The van der Waals surface area contributed by atoms with E-state index in [0.29, 0.717) is 6.42 Å². The zero-order valence-corrected chi connectivity index (χ0v) is 6.41. The van der Waals surface area contributed by atoms with Crippen LogP contribution in [-0.2, 0) is 19.1 Å². The normalized spacial score (nSPS) is 30.8. The van der Waals surface area contributed by atoms with E-state index in [-0.39, 0.29) is 12.7 Å². The lowest BCUT2D eigenvalue weighted by Crippen LogP contribution is -2.37. The van der Waals surface area contributed by atoms with Crippen molar-refractivity contribution < 1.29 is 19.1 Å². The Balaban J connectivity index is 2.27. The number of esters is 2. The molecule has 0 aromatic rings. The van der Waals surface area contributed by atoms with Crippen molar-refractivity contribution in [2.45, 2.75) is 6.42 Å². The summed E-state index contributed by atoms with van der Waals surface area (Å²) < 4.78 is 9.26. The lowest BCUT2D eigenvalue weighted by molar-refractivity contribution is -0.193. The van der Waals surface area contributed by atoms with Crippen molar-refractivity contribution in [1.29, 1.82) is 0 Å². The summed E-state index contributed by atoms with van der Waals surface area (Å²) in [4.78, 5) is 22.4. The zero-order chi connectivity index (χ0) is 8.77. The van der Waals surface area contributed by atoms with E-state index in [2.05, 4.69) is 16.1 Å². The summed E-state index contributed by atoms with van der Waals surface area (Å²) in [6, 6.07) is 0. The van der Waals surface area contributed by atoms with Crippen LogP contribution in [0.25, 0.3) is 0 Å². The third kappa shape index (κ3) is 0.668. The van der Waals surface area contributed by atoms with Crippen molar-refractivity contribution in [2.75, 3.05) is 6.79 Å². The van der Waals surface area contributed by atoms with Gasteiger partial charge < -0.3 is 9.47 Å². The van der Waals surface area contributed by atoms with Gasteiger partial charge in [-0.05, 0) is 6.42 Å². The van der Waals surface area contributed by atoms with Crippen LogP contribution >= 0.6 is 0 Å². The Morgan fingerprint density at radius 3 is 2.42 bits per heavy atom. The minimum atomic E-state index is -1.03. The predicted octanol–water partition coefficient (Wildman–Crippen LogP) is 0.236. The van der Waals surface area contributed by atoms with Gasteiger partial charge in [-0.15, -0.1) is 6.58 Å². The van der Waals surface area contributed by atoms with Gasteiger partial charge in [0.1, 0.15) is 0 Å². The van der Waals surface area contributed by atoms with Crippen molar-refractivity contribution >= 4 is 11.9 Å². The van der Waals surface area contributed by atoms with Crippen LogP contribution in [-0.4, -0.2) is 18.7 Å². The first-order valence-corrected chi connectivity index (χ1v) is 3.69. The van der Waals surface area contributed by atoms with E-state index in [4.69, 9.17) is 0 Å². The fourth-order valence-electron chi connectivity index (χ4n) is 1.52. The molecule has 0 aromatic heterocycles. The Hall–Kier alpha value is -1.32. The number of cyclic esters (lactones) is 2. The second-order valence-electron chi connectivity index (χ2n) is 3.00. The lowest BCUT2D eigenvalue weighted by atomic mass is 10.0. The molecule has 12 heavy (non-hydrogen) atoms. The molecule has 0 amide bonds. The monoisotopic (exact) mass is 168 g/mol. The van der Waals surface area contributed by atoms with Gasteiger partial charge in [-0.25, -0.2) is 0 Å². The Bertz CT molecular complexity index is 252. The van der Waals surface area contributed by atoms with Crippen LogP contribution in [0.3, 0.4) is 0 Å². The standard InChI is InChI=1S/C8H8O4/c1-2-5-3-8(5)6(9)11-4-12-7(8)10/h2,5H,1,3-4H2. The molecule has 1 aliphatic carbocycles. The Morgan fingerprint density at radius 1 is 1.42 bits per heavy atom. The molecular weight excluding hydrogens is 160 g/mol. The molecule has 1 atom stereocenters. The van der Waals surface area contributed by atoms with Gasteiger partial charge in [0.25, 0.3) is 0 Å². The Labute approximate surface area is 69.1 Å². The van der Waals surface area contributed by atoms with Gasteiger partial charge in [-0.3, -0.25) is 9.59 Å².